The molecule has 1 aliphatic rings. The summed E-state index contributed by atoms with van der Waals surface area (Å²) in [5, 5.41) is 7.63. The maximum absolute atomic E-state index is 7.63. The van der Waals surface area contributed by atoms with Gasteiger partial charge >= 0.3 is 0 Å². The van der Waals surface area contributed by atoms with Crippen LogP contribution in [-0.4, -0.2) is 17.8 Å². The fourth-order valence-electron chi connectivity index (χ4n) is 2.65. The summed E-state index contributed by atoms with van der Waals surface area (Å²) in [4.78, 5) is 10.3. The molecule has 0 fully saturated rings. The van der Waals surface area contributed by atoms with E-state index in [1.807, 2.05) is 24.3 Å². The highest BCUT2D eigenvalue weighted by Crippen LogP contribution is 2.34. The van der Waals surface area contributed by atoms with Crippen LogP contribution in [-0.2, 0) is 4.84 Å². The van der Waals surface area contributed by atoms with Crippen LogP contribution in [0.25, 0.3) is 0 Å². The van der Waals surface area contributed by atoms with Crippen molar-refractivity contribution >= 4 is 11.6 Å². The zero-order valence-corrected chi connectivity index (χ0v) is 13.4. The van der Waals surface area contributed by atoms with E-state index in [2.05, 4.69) is 26.3 Å². The highest BCUT2D eigenvalue weighted by molar-refractivity contribution is 5.99. The van der Waals surface area contributed by atoms with Gasteiger partial charge in [-0.1, -0.05) is 39.3 Å². The highest BCUT2D eigenvalue weighted by Gasteiger charge is 2.36. The van der Waals surface area contributed by atoms with Gasteiger partial charge in [-0.15, -0.1) is 5.48 Å². The SMILES string of the molecule is CCCC(C)(CC)C1N=C(c2ccc(C(C)=N)cc2)ON1. The Kier molecular flexibility index (Phi) is 4.78. The van der Waals surface area contributed by atoms with Gasteiger partial charge in [0.15, 0.2) is 0 Å². The zero-order chi connectivity index (χ0) is 15.5. The summed E-state index contributed by atoms with van der Waals surface area (Å²) in [6.07, 6.45) is 3.32. The topological polar surface area (TPSA) is 57.5 Å². The van der Waals surface area contributed by atoms with E-state index in [0.717, 1.165) is 30.4 Å². The van der Waals surface area contributed by atoms with Gasteiger partial charge in [0.05, 0.1) is 0 Å². The normalized spacial score (nSPS) is 20.6. The maximum atomic E-state index is 7.63. The predicted octanol–water partition coefficient (Wildman–Crippen LogP) is 3.90. The minimum Gasteiger partial charge on any atom is -0.386 e. The summed E-state index contributed by atoms with van der Waals surface area (Å²) in [6, 6.07) is 7.78. The summed E-state index contributed by atoms with van der Waals surface area (Å²) in [6.45, 7) is 8.44. The van der Waals surface area contributed by atoms with Crippen molar-refractivity contribution < 1.29 is 4.84 Å². The van der Waals surface area contributed by atoms with E-state index in [4.69, 9.17) is 15.2 Å². The summed E-state index contributed by atoms with van der Waals surface area (Å²) in [5.74, 6) is 0.643. The van der Waals surface area contributed by atoms with E-state index in [1.165, 1.54) is 0 Å². The summed E-state index contributed by atoms with van der Waals surface area (Å²) >= 11 is 0. The van der Waals surface area contributed by atoms with Crippen molar-refractivity contribution in [3.05, 3.63) is 35.4 Å². The Labute approximate surface area is 127 Å². The Hall–Kier alpha value is -1.68. The van der Waals surface area contributed by atoms with E-state index in [1.54, 1.807) is 6.92 Å². The van der Waals surface area contributed by atoms with Crippen molar-refractivity contribution in [2.24, 2.45) is 10.4 Å². The molecule has 4 heteroatoms. The molecule has 1 aromatic rings. The Balaban J connectivity index is 2.18. The number of rotatable bonds is 6. The predicted molar refractivity (Wildman–Crippen MR) is 86.8 cm³/mol. The molecule has 0 saturated carbocycles. The van der Waals surface area contributed by atoms with Crippen molar-refractivity contribution in [3.63, 3.8) is 0 Å². The van der Waals surface area contributed by atoms with E-state index in [0.29, 0.717) is 11.6 Å². The van der Waals surface area contributed by atoms with E-state index >= 15 is 0 Å². The molecule has 4 nitrogen and oxygen atoms in total. The molecule has 2 rings (SSSR count). The van der Waals surface area contributed by atoms with Crippen molar-refractivity contribution in [3.8, 4) is 0 Å². The van der Waals surface area contributed by atoms with Crippen LogP contribution in [0.15, 0.2) is 29.3 Å². The molecule has 0 bridgehead atoms. The Bertz CT molecular complexity index is 535. The van der Waals surface area contributed by atoms with Crippen molar-refractivity contribution in [2.75, 3.05) is 0 Å². The number of hydrogen-bond donors (Lipinski definition) is 2. The third kappa shape index (κ3) is 3.32. The molecular weight excluding hydrogens is 262 g/mol. The molecule has 0 spiro atoms. The number of hydrogen-bond acceptors (Lipinski definition) is 4. The first-order chi connectivity index (χ1) is 10.00. The van der Waals surface area contributed by atoms with Gasteiger partial charge in [-0.25, -0.2) is 4.99 Å². The van der Waals surface area contributed by atoms with Crippen molar-refractivity contribution in [2.45, 2.75) is 53.1 Å². The van der Waals surface area contributed by atoms with Crippen molar-refractivity contribution in [1.29, 1.82) is 5.41 Å². The quantitative estimate of drug-likeness (QED) is 0.780. The van der Waals surface area contributed by atoms with Gasteiger partial charge in [0.2, 0.25) is 5.90 Å². The van der Waals surface area contributed by atoms with Crippen LogP contribution in [0.3, 0.4) is 0 Å². The average Bonchev–Trinajstić information content (AvgIpc) is 2.98. The molecule has 0 aromatic heterocycles. The van der Waals surface area contributed by atoms with Crippen LogP contribution in [0.4, 0.5) is 0 Å². The second kappa shape index (κ2) is 6.39. The third-order valence-corrected chi connectivity index (χ3v) is 4.37. The third-order valence-electron chi connectivity index (χ3n) is 4.37. The lowest BCUT2D eigenvalue weighted by Crippen LogP contribution is -2.38. The maximum Gasteiger partial charge on any atom is 0.242 e. The van der Waals surface area contributed by atoms with E-state index in [-0.39, 0.29) is 11.6 Å². The lowest BCUT2D eigenvalue weighted by Gasteiger charge is -2.31. The molecular formula is C17H25N3O. The van der Waals surface area contributed by atoms with Crippen LogP contribution < -0.4 is 5.48 Å². The molecule has 2 unspecified atom stereocenters. The van der Waals surface area contributed by atoms with Crippen molar-refractivity contribution in [1.82, 2.24) is 5.48 Å². The highest BCUT2D eigenvalue weighted by atomic mass is 16.7. The van der Waals surface area contributed by atoms with Gasteiger partial charge in [0.25, 0.3) is 0 Å². The molecule has 1 aliphatic heterocycles. The minimum atomic E-state index is 0.00148. The molecule has 2 atom stereocenters. The largest absolute Gasteiger partial charge is 0.386 e. The molecule has 2 N–H and O–H groups in total. The average molecular weight is 287 g/mol. The molecule has 0 amide bonds. The summed E-state index contributed by atoms with van der Waals surface area (Å²) in [7, 11) is 0. The van der Waals surface area contributed by atoms with Gasteiger partial charge in [0.1, 0.15) is 6.17 Å². The number of nitrogens with zero attached hydrogens (tertiary/aromatic N) is 1. The second-order valence-corrected chi connectivity index (χ2v) is 6.02. The molecule has 0 radical (unpaired) electrons. The Morgan fingerprint density at radius 3 is 2.52 bits per heavy atom. The monoisotopic (exact) mass is 287 g/mol. The second-order valence-electron chi connectivity index (χ2n) is 6.02. The molecule has 1 heterocycles. The molecule has 0 saturated heterocycles. The van der Waals surface area contributed by atoms with Gasteiger partial charge in [-0.3, -0.25) is 0 Å². The van der Waals surface area contributed by atoms with Gasteiger partial charge in [-0.2, -0.15) is 0 Å². The van der Waals surface area contributed by atoms with Crippen LogP contribution in [0.2, 0.25) is 0 Å². The van der Waals surface area contributed by atoms with Crippen LogP contribution in [0, 0.1) is 10.8 Å². The van der Waals surface area contributed by atoms with Gasteiger partial charge < -0.3 is 10.2 Å². The molecule has 0 aliphatic carbocycles. The lowest BCUT2D eigenvalue weighted by atomic mass is 9.80. The summed E-state index contributed by atoms with van der Waals surface area (Å²) in [5.41, 5.74) is 5.62. The Morgan fingerprint density at radius 1 is 1.33 bits per heavy atom. The first kappa shape index (κ1) is 15.7. The smallest absolute Gasteiger partial charge is 0.242 e. The number of benzene rings is 1. The molecule has 21 heavy (non-hydrogen) atoms. The summed E-state index contributed by atoms with van der Waals surface area (Å²) < 4.78 is 0. The first-order valence-corrected chi connectivity index (χ1v) is 7.66. The number of nitrogens with one attached hydrogen (secondary N) is 2. The number of hydroxylamine groups is 1. The molecule has 1 aromatic carbocycles. The van der Waals surface area contributed by atoms with Crippen LogP contribution in [0.5, 0.6) is 0 Å². The Morgan fingerprint density at radius 2 is 2.00 bits per heavy atom. The lowest BCUT2D eigenvalue weighted by molar-refractivity contribution is 0.0936. The fourth-order valence-corrected chi connectivity index (χ4v) is 2.65. The fraction of sp³-hybridized carbons (Fsp3) is 0.529. The van der Waals surface area contributed by atoms with Crippen LogP contribution >= 0.6 is 0 Å². The van der Waals surface area contributed by atoms with E-state index in [9.17, 15) is 0 Å². The first-order valence-electron chi connectivity index (χ1n) is 7.66. The van der Waals surface area contributed by atoms with Gasteiger partial charge in [0, 0.05) is 16.7 Å². The van der Waals surface area contributed by atoms with E-state index < -0.39 is 0 Å². The minimum absolute atomic E-state index is 0.00148. The standard InChI is InChI=1S/C17H25N3O/c1-5-11-17(4,6-2)16-19-15(21-20-16)14-9-7-13(8-10-14)12(3)18/h7-10,16,18,20H,5-6,11H2,1-4H3. The zero-order valence-electron chi connectivity index (χ0n) is 13.4. The molecule has 114 valence electrons. The van der Waals surface area contributed by atoms with Gasteiger partial charge in [-0.05, 0) is 37.5 Å². The van der Waals surface area contributed by atoms with Crippen LogP contribution in [0.1, 0.15) is 58.1 Å². The number of aliphatic imine (C=N–C) groups is 1.